The van der Waals surface area contributed by atoms with Crippen LogP contribution in [0.2, 0.25) is 0 Å². The first-order valence-corrected chi connectivity index (χ1v) is 10.7. The first-order chi connectivity index (χ1) is 14.8. The van der Waals surface area contributed by atoms with Crippen molar-refractivity contribution in [2.24, 2.45) is 5.92 Å². The maximum absolute atomic E-state index is 13.1. The van der Waals surface area contributed by atoms with E-state index in [0.717, 1.165) is 16.8 Å². The predicted molar refractivity (Wildman–Crippen MR) is 127 cm³/mol. The molecule has 0 aliphatic carbocycles. The molecule has 3 aromatic carbocycles. The Balaban J connectivity index is 1.99. The van der Waals surface area contributed by atoms with Gasteiger partial charge in [-0.05, 0) is 38.3 Å². The first-order valence-electron chi connectivity index (χ1n) is 10.7. The molecule has 0 fully saturated rings. The smallest absolute Gasteiger partial charge is 0.187 e. The van der Waals surface area contributed by atoms with Crippen molar-refractivity contribution in [2.45, 2.75) is 38.8 Å². The van der Waals surface area contributed by atoms with E-state index in [0.29, 0.717) is 12.0 Å². The van der Waals surface area contributed by atoms with Crippen LogP contribution in [0.1, 0.15) is 48.3 Å². The molecule has 0 aliphatic heterocycles. The van der Waals surface area contributed by atoms with Crippen LogP contribution in [0, 0.1) is 5.92 Å². The van der Waals surface area contributed by atoms with E-state index in [1.165, 1.54) is 0 Å². The highest BCUT2D eigenvalue weighted by molar-refractivity contribution is 6.04. The zero-order valence-electron chi connectivity index (χ0n) is 18.5. The molecular weight excluding hydrogens is 382 g/mol. The van der Waals surface area contributed by atoms with Crippen molar-refractivity contribution in [1.82, 2.24) is 5.32 Å². The molecule has 160 valence electrons. The number of allylic oxidation sites excluding steroid dienone is 1. The molecule has 0 saturated heterocycles. The Hall–Kier alpha value is -3.17. The van der Waals surface area contributed by atoms with Gasteiger partial charge in [0.2, 0.25) is 0 Å². The Morgan fingerprint density at radius 2 is 1.42 bits per heavy atom. The van der Waals surface area contributed by atoms with Crippen LogP contribution in [-0.2, 0) is 6.42 Å². The van der Waals surface area contributed by atoms with Gasteiger partial charge in [-0.1, -0.05) is 91.0 Å². The molecular formula is C28H31NO2. The molecule has 0 spiro atoms. The Kier molecular flexibility index (Phi) is 7.43. The molecule has 3 heteroatoms. The fraction of sp³-hybridized carbons (Fsp3) is 0.250. The molecule has 0 amide bonds. The van der Waals surface area contributed by atoms with Gasteiger partial charge in [0.1, 0.15) is 0 Å². The number of aliphatic hydroxyl groups is 1. The quantitative estimate of drug-likeness (QED) is 0.348. The van der Waals surface area contributed by atoms with Crippen molar-refractivity contribution in [3.05, 3.63) is 119 Å². The number of benzene rings is 3. The standard InChI is InChI=1S/C28H31NO2/c1-21(23-15-9-5-10-16-23)29-26(20-27(30)24-17-11-6-12-18-24)25(28(2,3)31)19-22-13-7-4-8-14-22/h4-18,20-21,25,29,31H,19H2,1-3H3/b26-20+/t21-,25+/m1/s1. The van der Waals surface area contributed by atoms with Gasteiger partial charge < -0.3 is 10.4 Å². The van der Waals surface area contributed by atoms with E-state index in [2.05, 4.69) is 36.5 Å². The van der Waals surface area contributed by atoms with E-state index < -0.39 is 5.60 Å². The Labute approximate surface area is 185 Å². The summed E-state index contributed by atoms with van der Waals surface area (Å²) in [6, 6.07) is 29.4. The number of hydrogen-bond donors (Lipinski definition) is 2. The largest absolute Gasteiger partial charge is 0.390 e. The van der Waals surface area contributed by atoms with Crippen LogP contribution < -0.4 is 5.32 Å². The average molecular weight is 414 g/mol. The molecule has 3 rings (SSSR count). The summed E-state index contributed by atoms with van der Waals surface area (Å²) in [5, 5.41) is 14.6. The summed E-state index contributed by atoms with van der Waals surface area (Å²) in [4.78, 5) is 13.1. The Morgan fingerprint density at radius 3 is 1.97 bits per heavy atom. The van der Waals surface area contributed by atoms with E-state index in [-0.39, 0.29) is 17.7 Å². The third-order valence-electron chi connectivity index (χ3n) is 5.54. The van der Waals surface area contributed by atoms with E-state index in [9.17, 15) is 9.90 Å². The Bertz CT molecular complexity index is 989. The van der Waals surface area contributed by atoms with Gasteiger partial charge in [0.25, 0.3) is 0 Å². The van der Waals surface area contributed by atoms with Crippen molar-refractivity contribution < 1.29 is 9.90 Å². The highest BCUT2D eigenvalue weighted by atomic mass is 16.3. The summed E-state index contributed by atoms with van der Waals surface area (Å²) >= 11 is 0. The van der Waals surface area contributed by atoms with Gasteiger partial charge in [-0.25, -0.2) is 0 Å². The van der Waals surface area contributed by atoms with E-state index in [4.69, 9.17) is 0 Å². The van der Waals surface area contributed by atoms with Crippen LogP contribution in [0.5, 0.6) is 0 Å². The third kappa shape index (κ3) is 6.40. The SMILES string of the molecule is C[C@@H](N/C(=C/C(=O)c1ccccc1)[C@H](Cc1ccccc1)C(C)(C)O)c1ccccc1. The number of rotatable bonds is 9. The van der Waals surface area contributed by atoms with Crippen LogP contribution >= 0.6 is 0 Å². The van der Waals surface area contributed by atoms with Crippen LogP contribution in [-0.4, -0.2) is 16.5 Å². The predicted octanol–water partition coefficient (Wildman–Crippen LogP) is 5.73. The summed E-state index contributed by atoms with van der Waals surface area (Å²) < 4.78 is 0. The van der Waals surface area contributed by atoms with Crippen LogP contribution in [0.4, 0.5) is 0 Å². The molecule has 2 N–H and O–H groups in total. The minimum absolute atomic E-state index is 0.0170. The molecule has 2 atom stereocenters. The minimum atomic E-state index is -1.03. The summed E-state index contributed by atoms with van der Waals surface area (Å²) in [5.41, 5.74) is 2.57. The molecule has 3 nitrogen and oxygen atoms in total. The lowest BCUT2D eigenvalue weighted by Gasteiger charge is -2.34. The van der Waals surface area contributed by atoms with Crippen molar-refractivity contribution in [3.8, 4) is 0 Å². The molecule has 0 unspecified atom stereocenters. The number of nitrogens with one attached hydrogen (secondary N) is 1. The highest BCUT2D eigenvalue weighted by Gasteiger charge is 2.32. The zero-order chi connectivity index (χ0) is 22.3. The summed E-state index contributed by atoms with van der Waals surface area (Å²) in [5.74, 6) is -0.362. The highest BCUT2D eigenvalue weighted by Crippen LogP contribution is 2.29. The van der Waals surface area contributed by atoms with Crippen LogP contribution in [0.3, 0.4) is 0 Å². The first kappa shape index (κ1) is 22.5. The third-order valence-corrected chi connectivity index (χ3v) is 5.54. The molecule has 31 heavy (non-hydrogen) atoms. The number of ketones is 1. The fourth-order valence-electron chi connectivity index (χ4n) is 3.73. The number of carbonyl (C=O) groups is 1. The van der Waals surface area contributed by atoms with Crippen LogP contribution in [0.25, 0.3) is 0 Å². The van der Waals surface area contributed by atoms with Crippen molar-refractivity contribution in [2.75, 3.05) is 0 Å². The van der Waals surface area contributed by atoms with E-state index >= 15 is 0 Å². The zero-order valence-corrected chi connectivity index (χ0v) is 18.5. The maximum Gasteiger partial charge on any atom is 0.187 e. The number of hydrogen-bond acceptors (Lipinski definition) is 3. The summed E-state index contributed by atoms with van der Waals surface area (Å²) in [6.07, 6.45) is 2.27. The van der Waals surface area contributed by atoms with Gasteiger partial charge in [0.05, 0.1) is 5.60 Å². The summed E-state index contributed by atoms with van der Waals surface area (Å²) in [6.45, 7) is 5.67. The lowest BCUT2D eigenvalue weighted by molar-refractivity contribution is 0.0292. The lowest BCUT2D eigenvalue weighted by atomic mass is 9.82. The molecule has 0 aliphatic rings. The fourth-order valence-corrected chi connectivity index (χ4v) is 3.73. The van der Waals surface area contributed by atoms with Crippen molar-refractivity contribution >= 4 is 5.78 Å². The molecule has 3 aromatic rings. The normalized spacial score (nSPS) is 14.0. The van der Waals surface area contributed by atoms with E-state index in [1.54, 1.807) is 19.9 Å². The maximum atomic E-state index is 13.1. The molecule has 0 heterocycles. The van der Waals surface area contributed by atoms with Gasteiger partial charge >= 0.3 is 0 Å². The van der Waals surface area contributed by atoms with Crippen LogP contribution in [0.15, 0.2) is 103 Å². The summed E-state index contributed by atoms with van der Waals surface area (Å²) in [7, 11) is 0. The van der Waals surface area contributed by atoms with Gasteiger partial charge in [-0.3, -0.25) is 4.79 Å². The van der Waals surface area contributed by atoms with Gasteiger partial charge in [0, 0.05) is 29.3 Å². The molecule has 0 aromatic heterocycles. The van der Waals surface area contributed by atoms with Gasteiger partial charge in [-0.15, -0.1) is 0 Å². The monoisotopic (exact) mass is 413 g/mol. The van der Waals surface area contributed by atoms with E-state index in [1.807, 2.05) is 66.7 Å². The second-order valence-electron chi connectivity index (χ2n) is 8.50. The average Bonchev–Trinajstić information content (AvgIpc) is 2.78. The topological polar surface area (TPSA) is 49.3 Å². The van der Waals surface area contributed by atoms with Crippen molar-refractivity contribution in [3.63, 3.8) is 0 Å². The minimum Gasteiger partial charge on any atom is -0.390 e. The van der Waals surface area contributed by atoms with Crippen molar-refractivity contribution in [1.29, 1.82) is 0 Å². The molecule has 0 radical (unpaired) electrons. The Morgan fingerprint density at radius 1 is 0.903 bits per heavy atom. The second kappa shape index (κ2) is 10.2. The van der Waals surface area contributed by atoms with Gasteiger partial charge in [0.15, 0.2) is 5.78 Å². The second-order valence-corrected chi connectivity index (χ2v) is 8.50. The molecule has 0 saturated carbocycles. The number of carbonyl (C=O) groups excluding carboxylic acids is 1. The lowest BCUT2D eigenvalue weighted by Crippen LogP contribution is -2.39. The molecule has 0 bridgehead atoms. The van der Waals surface area contributed by atoms with Gasteiger partial charge in [-0.2, -0.15) is 0 Å².